The lowest BCUT2D eigenvalue weighted by molar-refractivity contribution is -0.118. The number of carbonyl (C=O) groups is 1. The molecule has 0 bridgehead atoms. The fourth-order valence-electron chi connectivity index (χ4n) is 0.539. The molecule has 56 valence electrons. The molecule has 0 aromatic carbocycles. The average molecular weight is 141 g/mol. The summed E-state index contributed by atoms with van der Waals surface area (Å²) in [5, 5.41) is 0. The van der Waals surface area contributed by atoms with E-state index in [9.17, 15) is 9.59 Å². The molecule has 1 amide bonds. The van der Waals surface area contributed by atoms with Gasteiger partial charge in [0.25, 0.3) is 5.91 Å². The Bertz CT molecular complexity index is 159. The second-order valence-corrected chi connectivity index (χ2v) is 2.31. The van der Waals surface area contributed by atoms with Gasteiger partial charge in [-0.1, -0.05) is 20.3 Å². The van der Waals surface area contributed by atoms with Crippen molar-refractivity contribution in [2.45, 2.75) is 26.7 Å². The Morgan fingerprint density at radius 2 is 2.30 bits per heavy atom. The summed E-state index contributed by atoms with van der Waals surface area (Å²) >= 11 is 0. The summed E-state index contributed by atoms with van der Waals surface area (Å²) in [6.07, 6.45) is 2.51. The molecule has 3 nitrogen and oxygen atoms in total. The van der Waals surface area contributed by atoms with Crippen molar-refractivity contribution in [2.24, 2.45) is 10.9 Å². The largest absolute Gasteiger partial charge is 0.272 e. The number of aliphatic imine (C=N–C) groups is 1. The van der Waals surface area contributed by atoms with Crippen LogP contribution in [0.4, 0.5) is 0 Å². The summed E-state index contributed by atoms with van der Waals surface area (Å²) in [4.78, 5) is 23.1. The molecule has 0 N–H and O–H groups in total. The van der Waals surface area contributed by atoms with Gasteiger partial charge >= 0.3 is 0 Å². The van der Waals surface area contributed by atoms with E-state index in [2.05, 4.69) is 4.99 Å². The number of carbonyl (C=O) groups excluding carboxylic acids is 2. The predicted molar refractivity (Wildman–Crippen MR) is 37.2 cm³/mol. The molecule has 0 fully saturated rings. The fraction of sp³-hybridized carbons (Fsp3) is 0.714. The summed E-state index contributed by atoms with van der Waals surface area (Å²) in [6, 6.07) is 0. The van der Waals surface area contributed by atoms with Gasteiger partial charge in [0.05, 0.1) is 0 Å². The second kappa shape index (κ2) is 4.89. The van der Waals surface area contributed by atoms with Gasteiger partial charge in [-0.15, -0.1) is 4.99 Å². The van der Waals surface area contributed by atoms with Gasteiger partial charge in [0, 0.05) is 6.42 Å². The Hall–Kier alpha value is -0.950. The van der Waals surface area contributed by atoms with Gasteiger partial charge in [0.1, 0.15) is 0 Å². The van der Waals surface area contributed by atoms with Crippen molar-refractivity contribution >= 4 is 12.0 Å². The van der Waals surface area contributed by atoms with Gasteiger partial charge < -0.3 is 0 Å². The van der Waals surface area contributed by atoms with Gasteiger partial charge in [0.15, 0.2) is 0 Å². The van der Waals surface area contributed by atoms with Gasteiger partial charge in [0.2, 0.25) is 6.08 Å². The lowest BCUT2D eigenvalue weighted by Crippen LogP contribution is -2.00. The molecule has 0 aliphatic carbocycles. The minimum Gasteiger partial charge on any atom is -0.272 e. The van der Waals surface area contributed by atoms with Gasteiger partial charge in [-0.25, -0.2) is 4.79 Å². The summed E-state index contributed by atoms with van der Waals surface area (Å²) in [5.74, 6) is -0.0612. The summed E-state index contributed by atoms with van der Waals surface area (Å²) in [6.45, 7) is 3.93. The van der Waals surface area contributed by atoms with Crippen molar-refractivity contribution in [1.29, 1.82) is 0 Å². The van der Waals surface area contributed by atoms with E-state index in [0.717, 1.165) is 6.42 Å². The van der Waals surface area contributed by atoms with Crippen LogP contribution in [0.2, 0.25) is 0 Å². The quantitative estimate of drug-likeness (QED) is 0.439. The average Bonchev–Trinajstić information content (AvgIpc) is 1.88. The first-order valence-electron chi connectivity index (χ1n) is 3.31. The Labute approximate surface area is 60.1 Å². The maximum atomic E-state index is 10.6. The summed E-state index contributed by atoms with van der Waals surface area (Å²) < 4.78 is 0. The van der Waals surface area contributed by atoms with Crippen LogP contribution in [-0.4, -0.2) is 12.0 Å². The first kappa shape index (κ1) is 9.05. The van der Waals surface area contributed by atoms with Gasteiger partial charge in [-0.05, 0) is 5.92 Å². The second-order valence-electron chi connectivity index (χ2n) is 2.31. The first-order chi connectivity index (χ1) is 4.70. The number of nitrogens with zero attached hydrogens (tertiary/aromatic N) is 1. The molecule has 0 heterocycles. The lowest BCUT2D eigenvalue weighted by atomic mass is 10.1. The third kappa shape index (κ3) is 3.98. The van der Waals surface area contributed by atoms with E-state index in [0.29, 0.717) is 12.3 Å². The Morgan fingerprint density at radius 1 is 1.70 bits per heavy atom. The van der Waals surface area contributed by atoms with E-state index in [1.807, 2.05) is 13.8 Å². The zero-order valence-corrected chi connectivity index (χ0v) is 6.26. The minimum atomic E-state index is -0.371. The van der Waals surface area contributed by atoms with Gasteiger partial charge in [-0.3, -0.25) is 4.79 Å². The summed E-state index contributed by atoms with van der Waals surface area (Å²) in [7, 11) is 0. The van der Waals surface area contributed by atoms with Crippen molar-refractivity contribution in [1.82, 2.24) is 0 Å². The SMILES string of the molecule is CCC(C)CC(=O)N=C=O. The Kier molecular flexibility index (Phi) is 4.42. The zero-order chi connectivity index (χ0) is 7.98. The van der Waals surface area contributed by atoms with E-state index in [1.54, 1.807) is 0 Å². The molecule has 0 rings (SSSR count). The van der Waals surface area contributed by atoms with Gasteiger partial charge in [-0.2, -0.15) is 0 Å². The highest BCUT2D eigenvalue weighted by molar-refractivity contribution is 5.81. The molecule has 0 aliphatic heterocycles. The molecule has 10 heavy (non-hydrogen) atoms. The maximum Gasteiger partial charge on any atom is 0.256 e. The highest BCUT2D eigenvalue weighted by Crippen LogP contribution is 2.06. The molecule has 3 heteroatoms. The topological polar surface area (TPSA) is 46.5 Å². The van der Waals surface area contributed by atoms with Crippen LogP contribution in [0.25, 0.3) is 0 Å². The lowest BCUT2D eigenvalue weighted by Gasteiger charge is -2.01. The molecule has 0 saturated carbocycles. The number of hydrogen-bond donors (Lipinski definition) is 0. The zero-order valence-electron chi connectivity index (χ0n) is 6.26. The van der Waals surface area contributed by atoms with E-state index in [4.69, 9.17) is 0 Å². The molecule has 0 aromatic heterocycles. The molecule has 1 atom stereocenters. The van der Waals surface area contributed by atoms with Crippen molar-refractivity contribution in [2.75, 3.05) is 0 Å². The van der Waals surface area contributed by atoms with Crippen LogP contribution in [0.15, 0.2) is 4.99 Å². The van der Waals surface area contributed by atoms with E-state index in [-0.39, 0.29) is 5.91 Å². The third-order valence-corrected chi connectivity index (χ3v) is 1.39. The molecule has 0 saturated heterocycles. The van der Waals surface area contributed by atoms with E-state index >= 15 is 0 Å². The van der Waals surface area contributed by atoms with Crippen molar-refractivity contribution < 1.29 is 9.59 Å². The smallest absolute Gasteiger partial charge is 0.256 e. The highest BCUT2D eigenvalue weighted by atomic mass is 16.2. The van der Waals surface area contributed by atoms with Crippen LogP contribution in [0.1, 0.15) is 26.7 Å². The van der Waals surface area contributed by atoms with Crippen LogP contribution in [0.5, 0.6) is 0 Å². The van der Waals surface area contributed by atoms with Crippen LogP contribution < -0.4 is 0 Å². The minimum absolute atomic E-state index is 0.310. The highest BCUT2D eigenvalue weighted by Gasteiger charge is 2.04. The molecular formula is C7H11NO2. The number of isocyanates is 1. The maximum absolute atomic E-state index is 10.6. The molecule has 0 aliphatic rings. The standard InChI is InChI=1S/C7H11NO2/c1-3-6(2)4-7(10)8-5-9/h6H,3-4H2,1-2H3. The monoisotopic (exact) mass is 141 g/mol. The van der Waals surface area contributed by atoms with Crippen LogP contribution >= 0.6 is 0 Å². The fourth-order valence-corrected chi connectivity index (χ4v) is 0.539. The summed E-state index contributed by atoms with van der Waals surface area (Å²) in [5.41, 5.74) is 0. The first-order valence-corrected chi connectivity index (χ1v) is 3.31. The van der Waals surface area contributed by atoms with Crippen LogP contribution in [0, 0.1) is 5.92 Å². The third-order valence-electron chi connectivity index (χ3n) is 1.39. The van der Waals surface area contributed by atoms with Crippen molar-refractivity contribution in [3.05, 3.63) is 0 Å². The van der Waals surface area contributed by atoms with Crippen molar-refractivity contribution in [3.8, 4) is 0 Å². The predicted octanol–water partition coefficient (Wildman–Crippen LogP) is 1.29. The number of hydrogen-bond acceptors (Lipinski definition) is 2. The number of rotatable bonds is 3. The molecule has 0 aromatic rings. The Morgan fingerprint density at radius 3 is 2.70 bits per heavy atom. The molecule has 0 radical (unpaired) electrons. The number of amides is 1. The van der Waals surface area contributed by atoms with Crippen LogP contribution in [-0.2, 0) is 9.59 Å². The normalized spacial score (nSPS) is 11.8. The molecule has 1 unspecified atom stereocenters. The van der Waals surface area contributed by atoms with Crippen LogP contribution in [0.3, 0.4) is 0 Å². The van der Waals surface area contributed by atoms with E-state index in [1.165, 1.54) is 6.08 Å². The Balaban J connectivity index is 3.67. The van der Waals surface area contributed by atoms with Crippen molar-refractivity contribution in [3.63, 3.8) is 0 Å². The molecule has 0 spiro atoms. The van der Waals surface area contributed by atoms with E-state index < -0.39 is 0 Å². The molecular weight excluding hydrogens is 130 g/mol.